The smallest absolute Gasteiger partial charge is 0.260 e. The van der Waals surface area contributed by atoms with Crippen molar-refractivity contribution in [2.24, 2.45) is 0 Å². The van der Waals surface area contributed by atoms with Crippen LogP contribution in [0.2, 0.25) is 0 Å². The van der Waals surface area contributed by atoms with Crippen molar-refractivity contribution in [3.05, 3.63) is 139 Å². The van der Waals surface area contributed by atoms with E-state index in [-0.39, 0.29) is 6.71 Å². The fourth-order valence-electron chi connectivity index (χ4n) is 6.50. The van der Waals surface area contributed by atoms with E-state index in [0.29, 0.717) is 0 Å². The van der Waals surface area contributed by atoms with E-state index in [1.165, 1.54) is 33.4 Å². The molecule has 0 bridgehead atoms. The highest BCUT2D eigenvalue weighted by molar-refractivity contribution is 6.98. The minimum atomic E-state index is -0.0240. The van der Waals surface area contributed by atoms with Crippen LogP contribution in [-0.4, -0.2) is 6.71 Å². The summed E-state index contributed by atoms with van der Waals surface area (Å²) in [5.41, 5.74) is 12.8. The number of aryl methyl sites for hydroxylation is 2. The Morgan fingerprint density at radius 2 is 1.07 bits per heavy atom. The molecule has 0 N–H and O–H groups in total. The summed E-state index contributed by atoms with van der Waals surface area (Å²) >= 11 is 0. The van der Waals surface area contributed by atoms with Crippen molar-refractivity contribution in [3.63, 3.8) is 0 Å². The van der Waals surface area contributed by atoms with E-state index < -0.39 is 0 Å². The molecule has 0 saturated heterocycles. The van der Waals surface area contributed by atoms with Gasteiger partial charge in [0.15, 0.2) is 0 Å². The molecule has 194 valence electrons. The molecule has 0 atom stereocenters. The van der Waals surface area contributed by atoms with Gasteiger partial charge in [0.2, 0.25) is 0 Å². The van der Waals surface area contributed by atoms with Crippen LogP contribution in [0.5, 0.6) is 23.0 Å². The van der Waals surface area contributed by atoms with E-state index in [4.69, 9.17) is 9.47 Å². The number of rotatable bonds is 3. The molecule has 2 aliphatic rings. The maximum absolute atomic E-state index is 7.06. The maximum Gasteiger partial charge on any atom is 0.260 e. The molecule has 6 aromatic rings. The predicted molar refractivity (Wildman–Crippen MR) is 170 cm³/mol. The Balaban J connectivity index is 1.43. The number of hydrogen-bond donors (Lipinski definition) is 0. The first-order valence-corrected chi connectivity index (χ1v) is 14.1. The summed E-state index contributed by atoms with van der Waals surface area (Å²) in [7, 11) is 0. The standard InChI is InChI=1S/C38H27BO2/c1-24-11-6-8-15-28(24)30-17-10-18-32-37(30)41-38-31(29-16-9-7-12-25(29)2)20-22-35-36(38)39(32)33-23-27(19-21-34(33)40-35)26-13-4-3-5-14-26/h3-23H,1-2H3. The molecule has 8 rings (SSSR count). The van der Waals surface area contributed by atoms with Gasteiger partial charge in [0.25, 0.3) is 6.71 Å². The molecule has 0 amide bonds. The normalized spacial score (nSPS) is 12.5. The third-order valence-electron chi connectivity index (χ3n) is 8.52. The van der Waals surface area contributed by atoms with Crippen LogP contribution >= 0.6 is 0 Å². The lowest BCUT2D eigenvalue weighted by Crippen LogP contribution is -2.57. The van der Waals surface area contributed by atoms with Crippen LogP contribution in [0.1, 0.15) is 11.1 Å². The zero-order valence-electron chi connectivity index (χ0n) is 23.0. The summed E-state index contributed by atoms with van der Waals surface area (Å²) in [4.78, 5) is 0. The Bertz CT molecular complexity index is 1980. The minimum Gasteiger partial charge on any atom is -0.458 e. The number of benzene rings is 6. The molecule has 0 aromatic heterocycles. The van der Waals surface area contributed by atoms with Crippen LogP contribution in [-0.2, 0) is 0 Å². The van der Waals surface area contributed by atoms with Crippen molar-refractivity contribution in [1.82, 2.24) is 0 Å². The van der Waals surface area contributed by atoms with Gasteiger partial charge in [-0.15, -0.1) is 0 Å². The molecule has 0 spiro atoms. The Labute approximate surface area is 240 Å². The molecule has 0 aliphatic carbocycles. The van der Waals surface area contributed by atoms with Crippen LogP contribution in [0.3, 0.4) is 0 Å². The van der Waals surface area contributed by atoms with Crippen LogP contribution < -0.4 is 25.9 Å². The molecule has 41 heavy (non-hydrogen) atoms. The van der Waals surface area contributed by atoms with Crippen molar-refractivity contribution in [1.29, 1.82) is 0 Å². The van der Waals surface area contributed by atoms with E-state index in [0.717, 1.165) is 50.5 Å². The fraction of sp³-hybridized carbons (Fsp3) is 0.0526. The van der Waals surface area contributed by atoms with Crippen LogP contribution in [0, 0.1) is 13.8 Å². The number of fused-ring (bicyclic) bond motifs is 4. The quantitative estimate of drug-likeness (QED) is 0.217. The first kappa shape index (κ1) is 23.8. The van der Waals surface area contributed by atoms with Crippen molar-refractivity contribution in [3.8, 4) is 56.4 Å². The molecular weight excluding hydrogens is 499 g/mol. The molecule has 0 radical (unpaired) electrons. The number of hydrogen-bond acceptors (Lipinski definition) is 2. The third kappa shape index (κ3) is 3.73. The van der Waals surface area contributed by atoms with Gasteiger partial charge >= 0.3 is 0 Å². The molecule has 0 unspecified atom stereocenters. The first-order chi connectivity index (χ1) is 20.2. The average molecular weight is 526 g/mol. The Hall–Kier alpha value is -5.02. The van der Waals surface area contributed by atoms with Crippen molar-refractivity contribution in [2.45, 2.75) is 13.8 Å². The van der Waals surface area contributed by atoms with E-state index in [2.05, 4.69) is 141 Å². The molecular formula is C38H27BO2. The summed E-state index contributed by atoms with van der Waals surface area (Å²) in [6.07, 6.45) is 0. The Kier molecular flexibility index (Phi) is 5.40. The highest BCUT2D eigenvalue weighted by Gasteiger charge is 2.42. The highest BCUT2D eigenvalue weighted by atomic mass is 16.5. The molecule has 6 aromatic carbocycles. The molecule has 2 heterocycles. The Morgan fingerprint density at radius 1 is 0.439 bits per heavy atom. The van der Waals surface area contributed by atoms with E-state index in [9.17, 15) is 0 Å². The van der Waals surface area contributed by atoms with Crippen LogP contribution in [0.4, 0.5) is 0 Å². The number of para-hydroxylation sites is 1. The minimum absolute atomic E-state index is 0.0240. The monoisotopic (exact) mass is 526 g/mol. The SMILES string of the molecule is Cc1ccccc1-c1cccc2c1Oc1c(-c3ccccc3C)ccc3c1B2c1cc(-c2ccccc2)ccc1O3. The summed E-state index contributed by atoms with van der Waals surface area (Å²) in [5.74, 6) is 3.55. The third-order valence-corrected chi connectivity index (χ3v) is 8.52. The lowest BCUT2D eigenvalue weighted by atomic mass is 9.34. The summed E-state index contributed by atoms with van der Waals surface area (Å²) in [6, 6.07) is 45.0. The van der Waals surface area contributed by atoms with Crippen molar-refractivity contribution in [2.75, 3.05) is 0 Å². The van der Waals surface area contributed by atoms with Gasteiger partial charge < -0.3 is 9.47 Å². The van der Waals surface area contributed by atoms with Gasteiger partial charge in [0, 0.05) is 16.6 Å². The van der Waals surface area contributed by atoms with Crippen LogP contribution in [0.15, 0.2) is 127 Å². The molecule has 3 heteroatoms. The van der Waals surface area contributed by atoms with Crippen molar-refractivity contribution >= 4 is 23.1 Å². The summed E-state index contributed by atoms with van der Waals surface area (Å²) < 4.78 is 13.7. The summed E-state index contributed by atoms with van der Waals surface area (Å²) in [5, 5.41) is 0. The van der Waals surface area contributed by atoms with Gasteiger partial charge in [-0.05, 0) is 76.4 Å². The van der Waals surface area contributed by atoms with Crippen LogP contribution in [0.25, 0.3) is 33.4 Å². The van der Waals surface area contributed by atoms with Gasteiger partial charge in [-0.1, -0.05) is 109 Å². The summed E-state index contributed by atoms with van der Waals surface area (Å²) in [6.45, 7) is 4.30. The lowest BCUT2D eigenvalue weighted by molar-refractivity contribution is 0.466. The second-order valence-electron chi connectivity index (χ2n) is 11.0. The van der Waals surface area contributed by atoms with Gasteiger partial charge in [-0.2, -0.15) is 0 Å². The lowest BCUT2D eigenvalue weighted by Gasteiger charge is -2.35. The topological polar surface area (TPSA) is 18.5 Å². The van der Waals surface area contributed by atoms with E-state index in [1.54, 1.807) is 0 Å². The Morgan fingerprint density at radius 3 is 1.80 bits per heavy atom. The predicted octanol–water partition coefficient (Wildman–Crippen LogP) is 8.03. The largest absolute Gasteiger partial charge is 0.458 e. The molecule has 2 nitrogen and oxygen atoms in total. The molecule has 0 fully saturated rings. The second kappa shape index (κ2) is 9.28. The van der Waals surface area contributed by atoms with Gasteiger partial charge in [-0.25, -0.2) is 0 Å². The number of ether oxygens (including phenoxy) is 2. The fourth-order valence-corrected chi connectivity index (χ4v) is 6.50. The van der Waals surface area contributed by atoms with Gasteiger partial charge in [-0.3, -0.25) is 0 Å². The van der Waals surface area contributed by atoms with Gasteiger partial charge in [0.05, 0.1) is 0 Å². The maximum atomic E-state index is 7.06. The second-order valence-corrected chi connectivity index (χ2v) is 11.0. The zero-order valence-corrected chi connectivity index (χ0v) is 23.0. The van der Waals surface area contributed by atoms with Crippen molar-refractivity contribution < 1.29 is 9.47 Å². The van der Waals surface area contributed by atoms with E-state index >= 15 is 0 Å². The first-order valence-electron chi connectivity index (χ1n) is 14.1. The highest BCUT2D eigenvalue weighted by Crippen LogP contribution is 2.44. The van der Waals surface area contributed by atoms with Gasteiger partial charge in [0.1, 0.15) is 23.0 Å². The zero-order chi connectivity index (χ0) is 27.5. The van der Waals surface area contributed by atoms with E-state index in [1.807, 2.05) is 0 Å². The molecule has 0 saturated carbocycles. The average Bonchev–Trinajstić information content (AvgIpc) is 3.02. The molecule has 2 aliphatic heterocycles.